The molecule has 0 aromatic rings. The van der Waals surface area contributed by atoms with E-state index in [1.165, 1.54) is 25.7 Å². The van der Waals surface area contributed by atoms with Crippen LogP contribution in [0.2, 0.25) is 0 Å². The molecule has 1 aliphatic rings. The molecule has 2 nitrogen and oxygen atoms in total. The fourth-order valence-electron chi connectivity index (χ4n) is 2.25. The van der Waals surface area contributed by atoms with Crippen molar-refractivity contribution >= 4 is 0 Å². The zero-order valence-corrected chi connectivity index (χ0v) is 9.72. The zero-order valence-electron chi connectivity index (χ0n) is 9.72. The number of ether oxygens (including phenoxy) is 1. The van der Waals surface area contributed by atoms with Crippen molar-refractivity contribution in [3.63, 3.8) is 0 Å². The molecule has 0 spiro atoms. The van der Waals surface area contributed by atoms with E-state index in [1.54, 1.807) is 0 Å². The second kappa shape index (κ2) is 5.72. The number of rotatable bonds is 4. The maximum Gasteiger partial charge on any atom is 0.0807 e. The average Bonchev–Trinajstić information content (AvgIpc) is 2.44. The topological polar surface area (TPSA) is 35.2 Å². The van der Waals surface area contributed by atoms with Crippen LogP contribution in [-0.4, -0.2) is 18.2 Å². The lowest BCUT2D eigenvalue weighted by Gasteiger charge is -2.34. The highest BCUT2D eigenvalue weighted by molar-refractivity contribution is 4.85. The molecule has 1 unspecified atom stereocenters. The number of nitrogens with two attached hydrogens (primary N) is 1. The minimum atomic E-state index is 0.00588. The second-order valence-corrected chi connectivity index (χ2v) is 4.64. The smallest absolute Gasteiger partial charge is 0.0807 e. The van der Waals surface area contributed by atoms with Crippen molar-refractivity contribution in [1.29, 1.82) is 0 Å². The molecule has 0 aliphatic heterocycles. The van der Waals surface area contributed by atoms with Gasteiger partial charge in [-0.15, -0.1) is 0 Å². The van der Waals surface area contributed by atoms with E-state index < -0.39 is 0 Å². The highest BCUT2D eigenvalue weighted by Crippen LogP contribution is 2.31. The van der Waals surface area contributed by atoms with E-state index in [9.17, 15) is 0 Å². The van der Waals surface area contributed by atoms with Crippen molar-refractivity contribution in [3.8, 4) is 0 Å². The van der Waals surface area contributed by atoms with Crippen molar-refractivity contribution in [1.82, 2.24) is 0 Å². The first-order valence-electron chi connectivity index (χ1n) is 6.10. The highest BCUT2D eigenvalue weighted by Gasteiger charge is 2.31. The van der Waals surface area contributed by atoms with Crippen molar-refractivity contribution in [2.24, 2.45) is 5.73 Å². The summed E-state index contributed by atoms with van der Waals surface area (Å²) in [5, 5.41) is 0. The Balaban J connectivity index is 2.53. The van der Waals surface area contributed by atoms with E-state index in [2.05, 4.69) is 13.8 Å². The summed E-state index contributed by atoms with van der Waals surface area (Å²) in [6.07, 6.45) is 9.04. The fraction of sp³-hybridized carbons (Fsp3) is 1.00. The van der Waals surface area contributed by atoms with Gasteiger partial charge in [-0.2, -0.15) is 0 Å². The third kappa shape index (κ3) is 3.25. The van der Waals surface area contributed by atoms with Gasteiger partial charge in [0.05, 0.1) is 11.7 Å². The maximum absolute atomic E-state index is 6.13. The Kier molecular flexibility index (Phi) is 4.90. The van der Waals surface area contributed by atoms with Gasteiger partial charge in [0.1, 0.15) is 0 Å². The van der Waals surface area contributed by atoms with Crippen LogP contribution in [-0.2, 0) is 4.74 Å². The normalized spacial score (nSPS) is 24.2. The highest BCUT2D eigenvalue weighted by atomic mass is 16.5. The Labute approximate surface area is 88.2 Å². The van der Waals surface area contributed by atoms with Crippen LogP contribution in [0.5, 0.6) is 0 Å². The van der Waals surface area contributed by atoms with Crippen LogP contribution in [0, 0.1) is 0 Å². The van der Waals surface area contributed by atoms with Crippen LogP contribution < -0.4 is 5.73 Å². The van der Waals surface area contributed by atoms with Gasteiger partial charge in [0.25, 0.3) is 0 Å². The van der Waals surface area contributed by atoms with Crippen molar-refractivity contribution in [3.05, 3.63) is 0 Å². The van der Waals surface area contributed by atoms with Crippen molar-refractivity contribution in [2.75, 3.05) is 6.54 Å². The SMILES string of the molecule is CCC(C)OC1(CN)CCCCCC1. The van der Waals surface area contributed by atoms with Gasteiger partial charge < -0.3 is 10.5 Å². The van der Waals surface area contributed by atoms with Gasteiger partial charge in [-0.3, -0.25) is 0 Å². The van der Waals surface area contributed by atoms with E-state index in [1.807, 2.05) is 0 Å². The molecular formula is C12H25NO. The Hall–Kier alpha value is -0.0800. The van der Waals surface area contributed by atoms with E-state index >= 15 is 0 Å². The minimum absolute atomic E-state index is 0.00588. The summed E-state index contributed by atoms with van der Waals surface area (Å²) < 4.78 is 6.13. The molecule has 0 bridgehead atoms. The second-order valence-electron chi connectivity index (χ2n) is 4.64. The summed E-state index contributed by atoms with van der Waals surface area (Å²) in [4.78, 5) is 0. The Morgan fingerprint density at radius 2 is 1.79 bits per heavy atom. The molecule has 2 N–H and O–H groups in total. The summed E-state index contributed by atoms with van der Waals surface area (Å²) in [6, 6.07) is 0. The predicted octanol–water partition coefficient (Wildman–Crippen LogP) is 2.85. The minimum Gasteiger partial charge on any atom is -0.371 e. The number of hydrogen-bond donors (Lipinski definition) is 1. The Morgan fingerprint density at radius 1 is 1.21 bits per heavy atom. The van der Waals surface area contributed by atoms with Gasteiger partial charge in [-0.1, -0.05) is 32.6 Å². The molecule has 14 heavy (non-hydrogen) atoms. The van der Waals surface area contributed by atoms with Gasteiger partial charge in [0.15, 0.2) is 0 Å². The van der Waals surface area contributed by atoms with Crippen molar-refractivity contribution < 1.29 is 4.74 Å². The monoisotopic (exact) mass is 199 g/mol. The Morgan fingerprint density at radius 3 is 2.21 bits per heavy atom. The first-order chi connectivity index (χ1) is 6.72. The standard InChI is InChI=1S/C12H25NO/c1-3-11(2)14-12(10-13)8-6-4-5-7-9-12/h11H,3-10,13H2,1-2H3. The summed E-state index contributed by atoms with van der Waals surface area (Å²) in [5.41, 5.74) is 5.89. The Bertz CT molecular complexity index is 150. The predicted molar refractivity (Wildman–Crippen MR) is 60.3 cm³/mol. The fourth-order valence-corrected chi connectivity index (χ4v) is 2.25. The average molecular weight is 199 g/mol. The lowest BCUT2D eigenvalue weighted by molar-refractivity contribution is -0.0907. The van der Waals surface area contributed by atoms with Gasteiger partial charge in [0, 0.05) is 6.54 Å². The molecule has 0 aromatic carbocycles. The molecule has 1 saturated carbocycles. The van der Waals surface area contributed by atoms with Gasteiger partial charge in [-0.05, 0) is 26.2 Å². The zero-order chi connectivity index (χ0) is 10.4. The van der Waals surface area contributed by atoms with Crippen LogP contribution in [0.15, 0.2) is 0 Å². The maximum atomic E-state index is 6.13. The molecule has 0 heterocycles. The quantitative estimate of drug-likeness (QED) is 0.707. The van der Waals surface area contributed by atoms with Crippen LogP contribution >= 0.6 is 0 Å². The van der Waals surface area contributed by atoms with Crippen LogP contribution in [0.25, 0.3) is 0 Å². The molecule has 2 heteroatoms. The lowest BCUT2D eigenvalue weighted by Crippen LogP contribution is -2.42. The van der Waals surface area contributed by atoms with Crippen LogP contribution in [0.4, 0.5) is 0 Å². The lowest BCUT2D eigenvalue weighted by atomic mass is 9.94. The molecule has 1 aliphatic carbocycles. The molecule has 1 rings (SSSR count). The molecule has 1 atom stereocenters. The van der Waals surface area contributed by atoms with Gasteiger partial charge >= 0.3 is 0 Å². The molecular weight excluding hydrogens is 174 g/mol. The molecule has 84 valence electrons. The van der Waals surface area contributed by atoms with Gasteiger partial charge in [0.2, 0.25) is 0 Å². The summed E-state index contributed by atoms with van der Waals surface area (Å²) >= 11 is 0. The van der Waals surface area contributed by atoms with Crippen molar-refractivity contribution in [2.45, 2.75) is 70.5 Å². The molecule has 0 aromatic heterocycles. The third-order valence-electron chi connectivity index (χ3n) is 3.41. The van der Waals surface area contributed by atoms with Crippen LogP contribution in [0.1, 0.15) is 58.8 Å². The molecule has 1 fully saturated rings. The third-order valence-corrected chi connectivity index (χ3v) is 3.41. The van der Waals surface area contributed by atoms with E-state index in [4.69, 9.17) is 10.5 Å². The van der Waals surface area contributed by atoms with E-state index in [-0.39, 0.29) is 5.60 Å². The first kappa shape index (κ1) is 12.0. The van der Waals surface area contributed by atoms with Crippen LogP contribution in [0.3, 0.4) is 0 Å². The summed E-state index contributed by atoms with van der Waals surface area (Å²) in [7, 11) is 0. The summed E-state index contributed by atoms with van der Waals surface area (Å²) in [5.74, 6) is 0. The van der Waals surface area contributed by atoms with E-state index in [0.717, 1.165) is 19.3 Å². The molecule has 0 amide bonds. The first-order valence-corrected chi connectivity index (χ1v) is 6.10. The molecule has 0 radical (unpaired) electrons. The van der Waals surface area contributed by atoms with Gasteiger partial charge in [-0.25, -0.2) is 0 Å². The number of hydrogen-bond acceptors (Lipinski definition) is 2. The largest absolute Gasteiger partial charge is 0.371 e. The van der Waals surface area contributed by atoms with E-state index in [0.29, 0.717) is 12.6 Å². The molecule has 0 saturated heterocycles. The summed E-state index contributed by atoms with van der Waals surface area (Å²) in [6.45, 7) is 5.02.